The largest absolute Gasteiger partial charge is 0.484 e. The monoisotopic (exact) mass is 461 g/mol. The summed E-state index contributed by atoms with van der Waals surface area (Å²) in [6, 6.07) is 9.38. The van der Waals surface area contributed by atoms with Gasteiger partial charge in [0.15, 0.2) is 0 Å². The Bertz CT molecular complexity index is 1280. The van der Waals surface area contributed by atoms with Gasteiger partial charge in [-0.1, -0.05) is 12.1 Å². The number of amides is 1. The summed E-state index contributed by atoms with van der Waals surface area (Å²) in [4.78, 5) is 20.1. The number of carbonyl (C=O) groups is 1. The Balaban J connectivity index is 1.63. The van der Waals surface area contributed by atoms with Crippen LogP contribution in [-0.2, 0) is 11.2 Å². The molecule has 9 nitrogen and oxygen atoms in total. The average molecular weight is 462 g/mol. The Morgan fingerprint density at radius 2 is 2.00 bits per heavy atom. The van der Waals surface area contributed by atoms with E-state index >= 15 is 0 Å². The Morgan fingerprint density at radius 1 is 1.18 bits per heavy atom. The first kappa shape index (κ1) is 22.7. The highest BCUT2D eigenvalue weighted by Gasteiger charge is 2.24. The SMILES string of the molecule is N=C(/C(C(N)=O)=C(\N)Nc1cnccn1)c1ccc(N)c(OC2CCCc3cc(F)ccc32)c1. The molecule has 1 amide bonds. The van der Waals surface area contributed by atoms with Gasteiger partial charge >= 0.3 is 0 Å². The molecule has 0 spiro atoms. The van der Waals surface area contributed by atoms with Gasteiger partial charge < -0.3 is 27.3 Å². The number of nitrogens with zero attached hydrogens (tertiary/aromatic N) is 2. The molecule has 0 radical (unpaired) electrons. The van der Waals surface area contributed by atoms with Gasteiger partial charge in [0.25, 0.3) is 5.91 Å². The zero-order valence-corrected chi connectivity index (χ0v) is 18.2. The van der Waals surface area contributed by atoms with E-state index in [1.807, 2.05) is 0 Å². The van der Waals surface area contributed by atoms with Gasteiger partial charge in [-0.25, -0.2) is 9.37 Å². The third-order valence-corrected chi connectivity index (χ3v) is 5.53. The van der Waals surface area contributed by atoms with Gasteiger partial charge in [0.1, 0.15) is 34.9 Å². The lowest BCUT2D eigenvalue weighted by Gasteiger charge is -2.27. The Morgan fingerprint density at radius 3 is 2.74 bits per heavy atom. The zero-order chi connectivity index (χ0) is 24.2. The van der Waals surface area contributed by atoms with Gasteiger partial charge in [0.05, 0.1) is 17.6 Å². The molecule has 1 unspecified atom stereocenters. The van der Waals surface area contributed by atoms with Gasteiger partial charge in [0, 0.05) is 18.0 Å². The zero-order valence-electron chi connectivity index (χ0n) is 18.2. The van der Waals surface area contributed by atoms with E-state index in [2.05, 4.69) is 15.3 Å². The minimum absolute atomic E-state index is 0.138. The van der Waals surface area contributed by atoms with Crippen molar-refractivity contribution < 1.29 is 13.9 Å². The molecular weight excluding hydrogens is 437 g/mol. The predicted molar refractivity (Wildman–Crippen MR) is 126 cm³/mol. The molecule has 0 bridgehead atoms. The van der Waals surface area contributed by atoms with E-state index in [0.29, 0.717) is 22.8 Å². The normalized spacial score (nSPS) is 15.6. The summed E-state index contributed by atoms with van der Waals surface area (Å²) in [6.45, 7) is 0. The third kappa shape index (κ3) is 4.80. The predicted octanol–water partition coefficient (Wildman–Crippen LogP) is 2.79. The van der Waals surface area contributed by atoms with Crippen LogP contribution in [0, 0.1) is 11.2 Å². The highest BCUT2D eigenvalue weighted by Crippen LogP contribution is 2.36. The molecule has 2 aromatic carbocycles. The summed E-state index contributed by atoms with van der Waals surface area (Å²) in [6.07, 6.45) is 6.39. The van der Waals surface area contributed by atoms with E-state index in [4.69, 9.17) is 27.3 Å². The molecule has 1 heterocycles. The number of hydrogen-bond donors (Lipinski definition) is 5. The summed E-state index contributed by atoms with van der Waals surface area (Å²) in [7, 11) is 0. The van der Waals surface area contributed by atoms with E-state index in [0.717, 1.165) is 30.4 Å². The van der Waals surface area contributed by atoms with Crippen LogP contribution in [0.15, 0.2) is 66.4 Å². The number of carbonyl (C=O) groups excluding carboxylic acids is 1. The highest BCUT2D eigenvalue weighted by molar-refractivity contribution is 6.27. The standard InChI is InChI=1S/C24H24FN7O2/c25-15-5-6-16-13(10-15)2-1-3-18(16)34-19-11-14(4-7-17(19)26)22(27)21(24(29)33)23(28)32-20-12-30-8-9-31-20/h4-12,18,27H,1-3,26,28H2,(H2,29,33)(H,31,32)/b23-21-,27-22?. The molecule has 0 saturated heterocycles. The number of ether oxygens (including phenoxy) is 1. The van der Waals surface area contributed by atoms with Crippen LogP contribution in [-0.4, -0.2) is 21.6 Å². The van der Waals surface area contributed by atoms with E-state index in [1.165, 1.54) is 30.7 Å². The number of fused-ring (bicyclic) bond motifs is 1. The van der Waals surface area contributed by atoms with Crippen molar-refractivity contribution in [3.8, 4) is 5.75 Å². The molecule has 10 heteroatoms. The Kier molecular flexibility index (Phi) is 6.39. The quantitative estimate of drug-likeness (QED) is 0.205. The molecule has 1 aromatic heterocycles. The van der Waals surface area contributed by atoms with Crippen molar-refractivity contribution >= 4 is 23.1 Å². The molecule has 8 N–H and O–H groups in total. The second-order valence-electron chi connectivity index (χ2n) is 7.84. The highest BCUT2D eigenvalue weighted by atomic mass is 19.1. The number of aryl methyl sites for hydroxylation is 1. The van der Waals surface area contributed by atoms with Gasteiger partial charge in [0.2, 0.25) is 0 Å². The van der Waals surface area contributed by atoms with E-state index < -0.39 is 5.91 Å². The number of nitrogens with two attached hydrogens (primary N) is 3. The average Bonchev–Trinajstić information content (AvgIpc) is 2.81. The van der Waals surface area contributed by atoms with E-state index in [1.54, 1.807) is 24.3 Å². The molecule has 34 heavy (non-hydrogen) atoms. The number of halogens is 1. The number of primary amides is 1. The Hall–Kier alpha value is -4.47. The van der Waals surface area contributed by atoms with E-state index in [-0.39, 0.29) is 29.0 Å². The molecule has 0 fully saturated rings. The fourth-order valence-electron chi connectivity index (χ4n) is 3.91. The smallest absolute Gasteiger partial charge is 0.254 e. The molecule has 3 aromatic rings. The first-order valence-electron chi connectivity index (χ1n) is 10.6. The first-order valence-corrected chi connectivity index (χ1v) is 10.6. The van der Waals surface area contributed by atoms with Crippen LogP contribution in [0.1, 0.15) is 35.6 Å². The number of rotatable bonds is 7. The summed E-state index contributed by atoms with van der Waals surface area (Å²) in [5, 5.41) is 11.3. The number of hydrogen-bond acceptors (Lipinski definition) is 8. The van der Waals surface area contributed by atoms with Crippen molar-refractivity contribution in [3.63, 3.8) is 0 Å². The molecule has 1 aliphatic carbocycles. The van der Waals surface area contributed by atoms with Crippen molar-refractivity contribution in [1.82, 2.24) is 9.97 Å². The lowest BCUT2D eigenvalue weighted by Crippen LogP contribution is -2.28. The van der Waals surface area contributed by atoms with Crippen molar-refractivity contribution in [2.24, 2.45) is 11.5 Å². The second-order valence-corrected chi connectivity index (χ2v) is 7.84. The number of benzene rings is 2. The molecule has 0 aliphatic heterocycles. The van der Waals surface area contributed by atoms with Gasteiger partial charge in [-0.3, -0.25) is 15.2 Å². The van der Waals surface area contributed by atoms with Crippen LogP contribution in [0.5, 0.6) is 5.75 Å². The maximum atomic E-state index is 13.6. The lowest BCUT2D eigenvalue weighted by atomic mass is 9.89. The topological polar surface area (TPSA) is 166 Å². The molecule has 174 valence electrons. The summed E-state index contributed by atoms with van der Waals surface area (Å²) < 4.78 is 19.8. The summed E-state index contributed by atoms with van der Waals surface area (Å²) in [5.41, 5.74) is 19.8. The minimum Gasteiger partial charge on any atom is -0.484 e. The van der Waals surface area contributed by atoms with Crippen molar-refractivity contribution in [2.45, 2.75) is 25.4 Å². The van der Waals surface area contributed by atoms with Crippen molar-refractivity contribution in [3.05, 3.63) is 88.9 Å². The number of nitrogens with one attached hydrogen (secondary N) is 2. The first-order chi connectivity index (χ1) is 16.3. The molecule has 4 rings (SSSR count). The van der Waals surface area contributed by atoms with Crippen LogP contribution >= 0.6 is 0 Å². The fraction of sp³-hybridized carbons (Fsp3) is 0.167. The maximum absolute atomic E-state index is 13.6. The maximum Gasteiger partial charge on any atom is 0.254 e. The van der Waals surface area contributed by atoms with E-state index in [9.17, 15) is 9.18 Å². The second kappa shape index (κ2) is 9.57. The van der Waals surface area contributed by atoms with Crippen LogP contribution in [0.4, 0.5) is 15.9 Å². The number of anilines is 2. The van der Waals surface area contributed by atoms with Crippen LogP contribution in [0.2, 0.25) is 0 Å². The van der Waals surface area contributed by atoms with Crippen molar-refractivity contribution in [1.29, 1.82) is 5.41 Å². The van der Waals surface area contributed by atoms with Crippen LogP contribution < -0.4 is 27.3 Å². The number of nitrogen functional groups attached to an aromatic ring is 1. The van der Waals surface area contributed by atoms with Gasteiger partial charge in [-0.15, -0.1) is 0 Å². The van der Waals surface area contributed by atoms with Gasteiger partial charge in [-0.05, 0) is 54.7 Å². The van der Waals surface area contributed by atoms with Crippen LogP contribution in [0.25, 0.3) is 0 Å². The summed E-state index contributed by atoms with van der Waals surface area (Å²) in [5.74, 6) is -0.677. The third-order valence-electron chi connectivity index (χ3n) is 5.53. The lowest BCUT2D eigenvalue weighted by molar-refractivity contribution is -0.114. The molecule has 0 saturated carbocycles. The molecule has 1 aliphatic rings. The fourth-order valence-corrected chi connectivity index (χ4v) is 3.91. The van der Waals surface area contributed by atoms with Crippen LogP contribution in [0.3, 0.4) is 0 Å². The number of aromatic nitrogens is 2. The summed E-state index contributed by atoms with van der Waals surface area (Å²) >= 11 is 0. The van der Waals surface area contributed by atoms with Crippen molar-refractivity contribution in [2.75, 3.05) is 11.1 Å². The molecular formula is C24H24FN7O2. The Labute approximate surface area is 195 Å². The molecule has 1 atom stereocenters. The minimum atomic E-state index is -0.888. The van der Waals surface area contributed by atoms with Gasteiger partial charge in [-0.2, -0.15) is 0 Å².